The minimum absolute atomic E-state index is 0.0703. The number of amides is 1. The van der Waals surface area contributed by atoms with Crippen LogP contribution in [0.4, 0.5) is 32.0 Å². The highest BCUT2D eigenvalue weighted by Gasteiger charge is 2.52. The fraction of sp³-hybridized carbons (Fsp3) is 0.483. The molecule has 2 aliphatic rings. The van der Waals surface area contributed by atoms with Crippen molar-refractivity contribution in [3.63, 3.8) is 0 Å². The Labute approximate surface area is 263 Å². The van der Waals surface area contributed by atoms with Crippen LogP contribution in [0.1, 0.15) is 37.3 Å². The van der Waals surface area contributed by atoms with Crippen molar-refractivity contribution in [1.82, 2.24) is 15.0 Å². The number of methoxy groups -OCH3 is 1. The zero-order chi connectivity index (χ0) is 33.5. The second kappa shape index (κ2) is 13.4. The summed E-state index contributed by atoms with van der Waals surface area (Å²) in [6, 6.07) is 1.85. The van der Waals surface area contributed by atoms with Gasteiger partial charge in [0.05, 0.1) is 35.5 Å². The van der Waals surface area contributed by atoms with E-state index in [0.29, 0.717) is 37.5 Å². The van der Waals surface area contributed by atoms with Gasteiger partial charge in [0.15, 0.2) is 23.6 Å². The van der Waals surface area contributed by atoms with Gasteiger partial charge in [0.25, 0.3) is 5.91 Å². The van der Waals surface area contributed by atoms with E-state index in [-0.39, 0.29) is 23.4 Å². The molecule has 10 nitrogen and oxygen atoms in total. The number of aromatic nitrogens is 3. The van der Waals surface area contributed by atoms with Crippen molar-refractivity contribution < 1.29 is 55.9 Å². The van der Waals surface area contributed by atoms with E-state index in [1.165, 1.54) is 7.11 Å². The number of carbonyl (C=O) groups excluding carboxylic acids is 1. The first-order chi connectivity index (χ1) is 21.8. The molecule has 3 N–H and O–H groups in total. The van der Waals surface area contributed by atoms with E-state index in [4.69, 9.17) is 21.1 Å². The first-order valence-electron chi connectivity index (χ1n) is 14.2. The molecule has 3 aromatic rings. The smallest absolute Gasteiger partial charge is 0.394 e. The van der Waals surface area contributed by atoms with Gasteiger partial charge in [-0.15, -0.1) is 5.10 Å². The lowest BCUT2D eigenvalue weighted by molar-refractivity contribution is -0.211. The van der Waals surface area contributed by atoms with Crippen molar-refractivity contribution >= 4 is 23.2 Å². The number of nitrogens with zero attached hydrogens (tertiary/aromatic N) is 4. The van der Waals surface area contributed by atoms with Crippen LogP contribution in [0.2, 0.25) is 5.02 Å². The van der Waals surface area contributed by atoms with E-state index >= 15 is 0 Å². The molecule has 7 atom stereocenters. The molecular weight excluding hydrogens is 650 g/mol. The number of hydrogen-bond donors (Lipinski definition) is 3. The quantitative estimate of drug-likeness (QED) is 0.252. The minimum Gasteiger partial charge on any atom is -0.394 e. The number of ether oxygens (including phenoxy) is 2. The van der Waals surface area contributed by atoms with Crippen molar-refractivity contribution in [1.29, 1.82) is 0 Å². The number of benzene rings is 2. The number of carbonyl (C=O) groups is 1. The summed E-state index contributed by atoms with van der Waals surface area (Å²) in [7, 11) is 1.19. The van der Waals surface area contributed by atoms with Gasteiger partial charge in [-0.3, -0.25) is 4.79 Å². The van der Waals surface area contributed by atoms with Crippen LogP contribution < -0.4 is 4.90 Å². The Morgan fingerprint density at radius 1 is 1.13 bits per heavy atom. The molecule has 2 fully saturated rings. The lowest BCUT2D eigenvalue weighted by atomic mass is 9.88. The molecule has 250 valence electrons. The van der Waals surface area contributed by atoms with Crippen molar-refractivity contribution in [2.24, 2.45) is 0 Å². The highest BCUT2D eigenvalue weighted by molar-refractivity contribution is 6.31. The molecule has 1 saturated heterocycles. The number of aliphatic hydroxyl groups is 3. The number of halogens is 7. The van der Waals surface area contributed by atoms with Gasteiger partial charge in [-0.2, -0.15) is 13.2 Å². The maximum Gasteiger partial charge on any atom is 0.417 e. The topological polar surface area (TPSA) is 130 Å². The van der Waals surface area contributed by atoms with Crippen LogP contribution >= 0.6 is 11.6 Å². The summed E-state index contributed by atoms with van der Waals surface area (Å²) in [6.07, 6.45) is -8.91. The van der Waals surface area contributed by atoms with Crippen LogP contribution in [-0.4, -0.2) is 86.5 Å². The number of aliphatic hydroxyl groups excluding tert-OH is 3. The van der Waals surface area contributed by atoms with Gasteiger partial charge in [-0.25, -0.2) is 17.9 Å². The number of alkyl halides is 3. The molecule has 46 heavy (non-hydrogen) atoms. The first-order valence-corrected chi connectivity index (χ1v) is 14.6. The summed E-state index contributed by atoms with van der Waals surface area (Å²) in [5, 5.41) is 39.2. The predicted octanol–water partition coefficient (Wildman–Crippen LogP) is 4.05. The fourth-order valence-electron chi connectivity index (χ4n) is 6.01. The zero-order valence-electron chi connectivity index (χ0n) is 24.0. The van der Waals surface area contributed by atoms with Gasteiger partial charge >= 0.3 is 6.18 Å². The van der Waals surface area contributed by atoms with Crippen molar-refractivity contribution in [2.45, 2.75) is 74.5 Å². The zero-order valence-corrected chi connectivity index (χ0v) is 24.8. The van der Waals surface area contributed by atoms with E-state index in [9.17, 15) is 46.5 Å². The molecule has 0 spiro atoms. The Bertz CT molecular complexity index is 1550. The SMILES string of the molecule is COC1C(C(=O)N(c2ccc(C(F)(F)F)c(Cl)c2)[C@H]2CCCC[C@@H]2O)OC(CO)C(O)C1n1cc(-c2cc(F)c(F)c(F)c2)nn1. The molecule has 0 bridgehead atoms. The standard InChI is InChI=1S/C29H29ClF6N4O6/c1-45-26-24(39-11-19(37-38-39)13-8-17(31)23(33)18(32)9-13)25(43)22(12-41)46-27(26)28(44)40(20-4-2-3-5-21(20)42)14-6-7-15(16(30)10-14)29(34,35)36/h6-11,20-22,24-27,41-43H,2-5,12H2,1H3/t20-,21-,22?,24?,25?,26?,27?/m0/s1. The molecule has 1 saturated carbocycles. The summed E-state index contributed by atoms with van der Waals surface area (Å²) in [5.41, 5.74) is -1.54. The Morgan fingerprint density at radius 2 is 1.80 bits per heavy atom. The van der Waals surface area contributed by atoms with Gasteiger partial charge in [-0.1, -0.05) is 29.7 Å². The van der Waals surface area contributed by atoms with Crippen molar-refractivity contribution in [3.8, 4) is 11.3 Å². The van der Waals surface area contributed by atoms with Crippen LogP contribution in [0.5, 0.6) is 0 Å². The Morgan fingerprint density at radius 3 is 2.39 bits per heavy atom. The first kappa shape index (κ1) is 34.1. The third kappa shape index (κ3) is 6.46. The number of rotatable bonds is 7. The summed E-state index contributed by atoms with van der Waals surface area (Å²) >= 11 is 6.00. The minimum atomic E-state index is -4.78. The van der Waals surface area contributed by atoms with E-state index in [0.717, 1.165) is 27.9 Å². The van der Waals surface area contributed by atoms with E-state index in [1.54, 1.807) is 0 Å². The summed E-state index contributed by atoms with van der Waals surface area (Å²) < 4.78 is 94.2. The highest BCUT2D eigenvalue weighted by atomic mass is 35.5. The Kier molecular flexibility index (Phi) is 9.96. The third-order valence-corrected chi connectivity index (χ3v) is 8.59. The molecule has 1 aromatic heterocycles. The molecule has 5 rings (SSSR count). The maximum absolute atomic E-state index is 14.4. The van der Waals surface area contributed by atoms with E-state index in [2.05, 4.69) is 10.3 Å². The molecular formula is C29H29ClF6N4O6. The average Bonchev–Trinajstić information content (AvgIpc) is 3.49. The van der Waals surface area contributed by atoms with E-state index in [1.807, 2.05) is 0 Å². The molecule has 2 aromatic carbocycles. The van der Waals surface area contributed by atoms with Gasteiger partial charge in [0, 0.05) is 18.4 Å². The average molecular weight is 679 g/mol. The van der Waals surface area contributed by atoms with Gasteiger partial charge in [0.1, 0.15) is 30.0 Å². The molecule has 5 unspecified atom stereocenters. The second-order valence-electron chi connectivity index (χ2n) is 11.1. The van der Waals surface area contributed by atoms with Gasteiger partial charge < -0.3 is 29.7 Å². The summed E-state index contributed by atoms with van der Waals surface area (Å²) in [4.78, 5) is 15.5. The van der Waals surface area contributed by atoms with Crippen LogP contribution in [0.15, 0.2) is 36.5 Å². The molecule has 0 radical (unpaired) electrons. The van der Waals surface area contributed by atoms with Gasteiger partial charge in [0.2, 0.25) is 0 Å². The lowest BCUT2D eigenvalue weighted by Gasteiger charge is -2.46. The normalized spacial score (nSPS) is 27.1. The third-order valence-electron chi connectivity index (χ3n) is 8.28. The monoisotopic (exact) mass is 678 g/mol. The van der Waals surface area contributed by atoms with E-state index < -0.39 is 89.3 Å². The van der Waals surface area contributed by atoms with Crippen LogP contribution in [-0.2, 0) is 20.4 Å². The molecule has 2 heterocycles. The number of anilines is 1. The lowest BCUT2D eigenvalue weighted by Crippen LogP contribution is -2.63. The molecule has 1 aliphatic heterocycles. The van der Waals surface area contributed by atoms with Crippen LogP contribution in [0.3, 0.4) is 0 Å². The Balaban J connectivity index is 1.55. The van der Waals surface area contributed by atoms with Crippen molar-refractivity contribution in [3.05, 3.63) is 64.6 Å². The molecule has 17 heteroatoms. The molecule has 1 aliphatic carbocycles. The molecule has 1 amide bonds. The van der Waals surface area contributed by atoms with Crippen LogP contribution in [0.25, 0.3) is 11.3 Å². The number of hydrogen-bond acceptors (Lipinski definition) is 8. The highest BCUT2D eigenvalue weighted by Crippen LogP contribution is 2.40. The van der Waals surface area contributed by atoms with Crippen LogP contribution in [0, 0.1) is 17.5 Å². The maximum atomic E-state index is 14.4. The van der Waals surface area contributed by atoms with Gasteiger partial charge in [-0.05, 0) is 43.2 Å². The Hall–Kier alpha value is -3.28. The predicted molar refractivity (Wildman–Crippen MR) is 149 cm³/mol. The fourth-order valence-corrected chi connectivity index (χ4v) is 6.30. The summed E-state index contributed by atoms with van der Waals surface area (Å²) in [5.74, 6) is -5.54. The second-order valence-corrected chi connectivity index (χ2v) is 11.5. The largest absolute Gasteiger partial charge is 0.417 e. The van der Waals surface area contributed by atoms with Crippen molar-refractivity contribution in [2.75, 3.05) is 18.6 Å². The summed E-state index contributed by atoms with van der Waals surface area (Å²) in [6.45, 7) is -0.800.